The van der Waals surface area contributed by atoms with E-state index in [1.54, 1.807) is 13.2 Å². The molecule has 4 aromatic rings. The first-order chi connectivity index (χ1) is 11.3. The summed E-state index contributed by atoms with van der Waals surface area (Å²) in [5, 5.41) is 17.8. The Hall–Kier alpha value is -2.85. The maximum absolute atomic E-state index is 10.4. The monoisotopic (exact) mass is 304 g/mol. The Bertz CT molecular complexity index is 991. The summed E-state index contributed by atoms with van der Waals surface area (Å²) in [7, 11) is 1.65. The van der Waals surface area contributed by atoms with E-state index >= 15 is 0 Å². The van der Waals surface area contributed by atoms with Crippen molar-refractivity contribution in [1.29, 1.82) is 0 Å². The van der Waals surface area contributed by atoms with Gasteiger partial charge in [-0.05, 0) is 18.2 Å². The van der Waals surface area contributed by atoms with Gasteiger partial charge in [0.15, 0.2) is 0 Å². The summed E-state index contributed by atoms with van der Waals surface area (Å²) >= 11 is 0. The standard InChI is InChI=1S/C19H16N2O2/c1-23-12-17-16-11-18(22)14-9-5-6-10-15(14)19(16)21(20-17)13-7-3-2-4-8-13/h2-11,22H,12H2,1H3. The highest BCUT2D eigenvalue weighted by Gasteiger charge is 2.16. The number of hydrogen-bond donors (Lipinski definition) is 1. The molecule has 0 radical (unpaired) electrons. The summed E-state index contributed by atoms with van der Waals surface area (Å²) in [6.45, 7) is 0.397. The number of phenolic OH excluding ortho intramolecular Hbond substituents is 1. The molecule has 0 aliphatic rings. The lowest BCUT2D eigenvalue weighted by atomic mass is 10.0. The molecule has 4 rings (SSSR count). The molecule has 1 N–H and O–H groups in total. The van der Waals surface area contributed by atoms with Crippen LogP contribution in [0.1, 0.15) is 5.69 Å². The molecule has 0 spiro atoms. The molecule has 0 saturated carbocycles. The van der Waals surface area contributed by atoms with Crippen LogP contribution in [0.3, 0.4) is 0 Å². The van der Waals surface area contributed by atoms with Crippen molar-refractivity contribution in [2.45, 2.75) is 6.61 Å². The molecule has 1 aromatic heterocycles. The fraction of sp³-hybridized carbons (Fsp3) is 0.105. The molecule has 0 aliphatic carbocycles. The molecule has 0 fully saturated rings. The summed E-state index contributed by atoms with van der Waals surface area (Å²) in [4.78, 5) is 0. The second-order valence-electron chi connectivity index (χ2n) is 5.46. The molecule has 23 heavy (non-hydrogen) atoms. The number of benzene rings is 3. The molecule has 0 saturated heterocycles. The molecule has 0 amide bonds. The Morgan fingerprint density at radius 2 is 1.65 bits per heavy atom. The smallest absolute Gasteiger partial charge is 0.124 e. The summed E-state index contributed by atoms with van der Waals surface area (Å²) in [6, 6.07) is 19.6. The second-order valence-corrected chi connectivity index (χ2v) is 5.46. The van der Waals surface area contributed by atoms with Gasteiger partial charge in [0.05, 0.1) is 23.5 Å². The molecular formula is C19H16N2O2. The van der Waals surface area contributed by atoms with Gasteiger partial charge in [-0.1, -0.05) is 42.5 Å². The first kappa shape index (κ1) is 13.8. The van der Waals surface area contributed by atoms with Crippen LogP contribution >= 0.6 is 0 Å². The van der Waals surface area contributed by atoms with Crippen LogP contribution in [0.25, 0.3) is 27.4 Å². The number of ether oxygens (including phenoxy) is 1. The molecule has 0 atom stereocenters. The second kappa shape index (κ2) is 5.41. The predicted octanol–water partition coefficient (Wildman–Crippen LogP) is 4.03. The van der Waals surface area contributed by atoms with Crippen LogP contribution in [0.2, 0.25) is 0 Å². The van der Waals surface area contributed by atoms with Crippen molar-refractivity contribution in [3.63, 3.8) is 0 Å². The molecule has 1 heterocycles. The number of phenols is 1. The lowest BCUT2D eigenvalue weighted by Gasteiger charge is -2.07. The van der Waals surface area contributed by atoms with E-state index in [0.29, 0.717) is 6.61 Å². The molecule has 0 bridgehead atoms. The number of rotatable bonds is 3. The number of aromatic hydroxyl groups is 1. The van der Waals surface area contributed by atoms with Crippen LogP contribution in [0, 0.1) is 0 Å². The lowest BCUT2D eigenvalue weighted by molar-refractivity contribution is 0.182. The highest BCUT2D eigenvalue weighted by atomic mass is 16.5. The predicted molar refractivity (Wildman–Crippen MR) is 91.0 cm³/mol. The number of fused-ring (bicyclic) bond motifs is 3. The average Bonchev–Trinajstić information content (AvgIpc) is 2.95. The molecular weight excluding hydrogens is 288 g/mol. The minimum absolute atomic E-state index is 0.262. The largest absolute Gasteiger partial charge is 0.507 e. The average molecular weight is 304 g/mol. The third-order valence-corrected chi connectivity index (χ3v) is 4.02. The molecule has 114 valence electrons. The van der Waals surface area contributed by atoms with E-state index in [1.165, 1.54) is 0 Å². The van der Waals surface area contributed by atoms with Gasteiger partial charge in [-0.2, -0.15) is 5.10 Å². The van der Waals surface area contributed by atoms with Crippen LogP contribution in [-0.4, -0.2) is 22.0 Å². The van der Waals surface area contributed by atoms with Gasteiger partial charge >= 0.3 is 0 Å². The van der Waals surface area contributed by atoms with E-state index in [-0.39, 0.29) is 5.75 Å². The number of hydrogen-bond acceptors (Lipinski definition) is 3. The van der Waals surface area contributed by atoms with Crippen molar-refractivity contribution in [2.75, 3.05) is 7.11 Å². The van der Waals surface area contributed by atoms with Crippen molar-refractivity contribution in [3.05, 3.63) is 66.4 Å². The molecule has 0 unspecified atom stereocenters. The first-order valence-electron chi connectivity index (χ1n) is 7.46. The Kier molecular flexibility index (Phi) is 3.24. The van der Waals surface area contributed by atoms with Crippen molar-refractivity contribution >= 4 is 21.7 Å². The number of aromatic nitrogens is 2. The zero-order valence-electron chi connectivity index (χ0n) is 12.7. The summed E-state index contributed by atoms with van der Waals surface area (Å²) < 4.78 is 7.20. The van der Waals surface area contributed by atoms with Crippen LogP contribution in [0.15, 0.2) is 60.7 Å². The van der Waals surface area contributed by atoms with Crippen LogP contribution in [0.5, 0.6) is 5.75 Å². The Morgan fingerprint density at radius 3 is 2.39 bits per heavy atom. The van der Waals surface area contributed by atoms with Crippen molar-refractivity contribution in [3.8, 4) is 11.4 Å². The summed E-state index contributed by atoms with van der Waals surface area (Å²) in [5.74, 6) is 0.262. The number of nitrogens with zero attached hydrogens (tertiary/aromatic N) is 2. The van der Waals surface area contributed by atoms with E-state index < -0.39 is 0 Å². The van der Waals surface area contributed by atoms with E-state index in [4.69, 9.17) is 9.84 Å². The van der Waals surface area contributed by atoms with Gasteiger partial charge in [-0.15, -0.1) is 0 Å². The summed E-state index contributed by atoms with van der Waals surface area (Å²) in [6.07, 6.45) is 0. The normalized spacial score (nSPS) is 11.3. The zero-order chi connectivity index (χ0) is 15.8. The van der Waals surface area contributed by atoms with E-state index in [2.05, 4.69) is 0 Å². The lowest BCUT2D eigenvalue weighted by Crippen LogP contribution is -1.97. The van der Waals surface area contributed by atoms with E-state index in [9.17, 15) is 5.11 Å². The van der Waals surface area contributed by atoms with Gasteiger partial charge in [-0.3, -0.25) is 0 Å². The van der Waals surface area contributed by atoms with Gasteiger partial charge < -0.3 is 9.84 Å². The number of methoxy groups -OCH3 is 1. The quantitative estimate of drug-likeness (QED) is 0.621. The fourth-order valence-electron chi connectivity index (χ4n) is 3.01. The maximum atomic E-state index is 10.4. The topological polar surface area (TPSA) is 47.3 Å². The van der Waals surface area contributed by atoms with Crippen LogP contribution < -0.4 is 0 Å². The van der Waals surface area contributed by atoms with E-state index in [1.807, 2.05) is 59.3 Å². The first-order valence-corrected chi connectivity index (χ1v) is 7.46. The molecule has 3 aromatic carbocycles. The minimum Gasteiger partial charge on any atom is -0.507 e. The van der Waals surface area contributed by atoms with Gasteiger partial charge in [0.25, 0.3) is 0 Å². The Balaban J connectivity index is 2.16. The van der Waals surface area contributed by atoms with Gasteiger partial charge in [0, 0.05) is 23.3 Å². The highest BCUT2D eigenvalue weighted by Crippen LogP contribution is 2.35. The van der Waals surface area contributed by atoms with Gasteiger partial charge in [-0.25, -0.2) is 4.68 Å². The summed E-state index contributed by atoms with van der Waals surface area (Å²) in [5.41, 5.74) is 2.78. The van der Waals surface area contributed by atoms with Gasteiger partial charge in [0.2, 0.25) is 0 Å². The fourth-order valence-corrected chi connectivity index (χ4v) is 3.01. The van der Waals surface area contributed by atoms with Crippen LogP contribution in [-0.2, 0) is 11.3 Å². The maximum Gasteiger partial charge on any atom is 0.124 e. The van der Waals surface area contributed by atoms with Crippen molar-refractivity contribution < 1.29 is 9.84 Å². The zero-order valence-corrected chi connectivity index (χ0v) is 12.7. The minimum atomic E-state index is 0.262. The Morgan fingerprint density at radius 1 is 0.957 bits per heavy atom. The van der Waals surface area contributed by atoms with Crippen molar-refractivity contribution in [1.82, 2.24) is 9.78 Å². The third kappa shape index (κ3) is 2.15. The molecule has 4 nitrogen and oxygen atoms in total. The SMILES string of the molecule is COCc1nn(-c2ccccc2)c2c1cc(O)c1ccccc12. The van der Waals surface area contributed by atoms with Crippen LogP contribution in [0.4, 0.5) is 0 Å². The Labute approximate surface area is 133 Å². The van der Waals surface area contributed by atoms with Crippen molar-refractivity contribution in [2.24, 2.45) is 0 Å². The highest BCUT2D eigenvalue weighted by molar-refractivity contribution is 6.09. The number of para-hydroxylation sites is 1. The third-order valence-electron chi connectivity index (χ3n) is 4.02. The van der Waals surface area contributed by atoms with Gasteiger partial charge in [0.1, 0.15) is 5.75 Å². The molecule has 0 aliphatic heterocycles. The molecule has 4 heteroatoms. The van der Waals surface area contributed by atoms with E-state index in [0.717, 1.165) is 33.1 Å².